The zero-order valence-electron chi connectivity index (χ0n) is 14.4. The maximum Gasteiger partial charge on any atom is 0.0244 e. The lowest BCUT2D eigenvalue weighted by molar-refractivity contribution is 0.00190. The summed E-state index contributed by atoms with van der Waals surface area (Å²) in [7, 11) is 0. The number of rotatable bonds is 6. The van der Waals surface area contributed by atoms with Crippen molar-refractivity contribution < 1.29 is 0 Å². The molecule has 118 valence electrons. The minimum atomic E-state index is 0.657. The molecule has 0 radical (unpaired) electrons. The molecular weight excluding hydrogens is 244 g/mol. The van der Waals surface area contributed by atoms with Crippen molar-refractivity contribution in [2.24, 2.45) is 17.3 Å². The molecule has 2 fully saturated rings. The topological polar surface area (TPSA) is 15.3 Å². The lowest BCUT2D eigenvalue weighted by Gasteiger charge is -2.51. The molecule has 0 bridgehead atoms. The van der Waals surface area contributed by atoms with Gasteiger partial charge in [0.05, 0.1) is 0 Å². The molecule has 2 nitrogen and oxygen atoms in total. The van der Waals surface area contributed by atoms with E-state index in [2.05, 4.69) is 44.8 Å². The molecule has 0 aromatic carbocycles. The van der Waals surface area contributed by atoms with Gasteiger partial charge in [0.1, 0.15) is 0 Å². The highest BCUT2D eigenvalue weighted by Gasteiger charge is 2.40. The SMILES string of the molecule is CCC(C)C1CN(CC2(CC)CCC2)C(C(C)C)CN1. The fraction of sp³-hybridized carbons (Fsp3) is 1.00. The Labute approximate surface area is 126 Å². The minimum Gasteiger partial charge on any atom is -0.311 e. The first kappa shape index (κ1) is 16.3. The van der Waals surface area contributed by atoms with Crippen LogP contribution in [-0.4, -0.2) is 36.6 Å². The summed E-state index contributed by atoms with van der Waals surface area (Å²) in [6.45, 7) is 15.7. The molecule has 1 aliphatic carbocycles. The molecular formula is C18H36N2. The maximum absolute atomic E-state index is 3.83. The Bertz CT molecular complexity index is 290. The molecule has 3 atom stereocenters. The largest absolute Gasteiger partial charge is 0.311 e. The van der Waals surface area contributed by atoms with Gasteiger partial charge in [-0.3, -0.25) is 4.90 Å². The first-order valence-electron chi connectivity index (χ1n) is 8.98. The summed E-state index contributed by atoms with van der Waals surface area (Å²) >= 11 is 0. The van der Waals surface area contributed by atoms with Crippen LogP contribution in [0.3, 0.4) is 0 Å². The zero-order chi connectivity index (χ0) is 14.8. The van der Waals surface area contributed by atoms with Crippen LogP contribution in [0.4, 0.5) is 0 Å². The fourth-order valence-electron chi connectivity index (χ4n) is 4.09. The Morgan fingerprint density at radius 1 is 1.20 bits per heavy atom. The van der Waals surface area contributed by atoms with E-state index in [-0.39, 0.29) is 0 Å². The van der Waals surface area contributed by atoms with Crippen molar-refractivity contribution in [2.75, 3.05) is 19.6 Å². The molecule has 1 saturated carbocycles. The highest BCUT2D eigenvalue weighted by molar-refractivity contribution is 4.96. The molecule has 2 rings (SSSR count). The number of nitrogens with zero attached hydrogens (tertiary/aromatic N) is 1. The summed E-state index contributed by atoms with van der Waals surface area (Å²) < 4.78 is 0. The van der Waals surface area contributed by atoms with Crippen molar-refractivity contribution >= 4 is 0 Å². The van der Waals surface area contributed by atoms with Crippen molar-refractivity contribution in [3.05, 3.63) is 0 Å². The van der Waals surface area contributed by atoms with Crippen LogP contribution in [0.15, 0.2) is 0 Å². The molecule has 0 amide bonds. The summed E-state index contributed by atoms with van der Waals surface area (Å²) in [5.74, 6) is 1.55. The molecule has 20 heavy (non-hydrogen) atoms. The number of piperazine rings is 1. The Balaban J connectivity index is 2.03. The number of nitrogens with one attached hydrogen (secondary N) is 1. The summed E-state index contributed by atoms with van der Waals surface area (Å²) in [6.07, 6.45) is 7.05. The second-order valence-electron chi connectivity index (χ2n) is 7.85. The molecule has 2 heteroatoms. The third kappa shape index (κ3) is 3.39. The van der Waals surface area contributed by atoms with Gasteiger partial charge in [-0.15, -0.1) is 0 Å². The van der Waals surface area contributed by atoms with Crippen LogP contribution >= 0.6 is 0 Å². The molecule has 2 aliphatic rings. The van der Waals surface area contributed by atoms with Gasteiger partial charge in [-0.1, -0.05) is 47.5 Å². The van der Waals surface area contributed by atoms with Gasteiger partial charge in [-0.05, 0) is 36.5 Å². The lowest BCUT2D eigenvalue weighted by Crippen LogP contribution is -2.62. The van der Waals surface area contributed by atoms with Crippen LogP contribution in [0.5, 0.6) is 0 Å². The van der Waals surface area contributed by atoms with Crippen molar-refractivity contribution in [1.82, 2.24) is 10.2 Å². The lowest BCUT2D eigenvalue weighted by atomic mass is 9.66. The average molecular weight is 280 g/mol. The summed E-state index contributed by atoms with van der Waals surface area (Å²) in [5.41, 5.74) is 0.657. The van der Waals surface area contributed by atoms with Gasteiger partial charge in [0, 0.05) is 31.7 Å². The molecule has 3 unspecified atom stereocenters. The predicted molar refractivity (Wildman–Crippen MR) is 88.0 cm³/mol. The van der Waals surface area contributed by atoms with Crippen LogP contribution in [-0.2, 0) is 0 Å². The van der Waals surface area contributed by atoms with Crippen molar-refractivity contribution in [1.29, 1.82) is 0 Å². The summed E-state index contributed by atoms with van der Waals surface area (Å²) in [4.78, 5) is 2.85. The zero-order valence-corrected chi connectivity index (χ0v) is 14.4. The Morgan fingerprint density at radius 2 is 1.90 bits per heavy atom. The van der Waals surface area contributed by atoms with E-state index in [0.717, 1.165) is 17.9 Å². The van der Waals surface area contributed by atoms with Gasteiger partial charge in [0.2, 0.25) is 0 Å². The van der Waals surface area contributed by atoms with E-state index in [4.69, 9.17) is 0 Å². The number of hydrogen-bond acceptors (Lipinski definition) is 2. The smallest absolute Gasteiger partial charge is 0.0244 e. The number of hydrogen-bond donors (Lipinski definition) is 1. The van der Waals surface area contributed by atoms with Crippen LogP contribution in [0.1, 0.15) is 66.7 Å². The van der Waals surface area contributed by atoms with E-state index >= 15 is 0 Å². The second kappa shape index (κ2) is 6.79. The van der Waals surface area contributed by atoms with E-state index in [1.807, 2.05) is 0 Å². The van der Waals surface area contributed by atoms with Gasteiger partial charge in [-0.2, -0.15) is 0 Å². The average Bonchev–Trinajstić information content (AvgIpc) is 2.41. The van der Waals surface area contributed by atoms with E-state index in [0.29, 0.717) is 11.5 Å². The van der Waals surface area contributed by atoms with E-state index in [9.17, 15) is 0 Å². The van der Waals surface area contributed by atoms with Gasteiger partial charge < -0.3 is 5.32 Å². The van der Waals surface area contributed by atoms with Crippen LogP contribution in [0.25, 0.3) is 0 Å². The summed E-state index contributed by atoms with van der Waals surface area (Å²) in [6, 6.07) is 1.43. The highest BCUT2D eigenvalue weighted by Crippen LogP contribution is 2.45. The highest BCUT2D eigenvalue weighted by atomic mass is 15.2. The Kier molecular flexibility index (Phi) is 5.53. The van der Waals surface area contributed by atoms with E-state index < -0.39 is 0 Å². The molecule has 0 aromatic heterocycles. The molecule has 0 aromatic rings. The summed E-state index contributed by atoms with van der Waals surface area (Å²) in [5, 5.41) is 3.83. The van der Waals surface area contributed by atoms with Crippen molar-refractivity contribution in [3.63, 3.8) is 0 Å². The van der Waals surface area contributed by atoms with Gasteiger partial charge >= 0.3 is 0 Å². The molecule has 1 heterocycles. The molecule has 1 aliphatic heterocycles. The van der Waals surface area contributed by atoms with Crippen LogP contribution < -0.4 is 5.32 Å². The van der Waals surface area contributed by atoms with E-state index in [1.165, 1.54) is 51.7 Å². The maximum atomic E-state index is 3.83. The quantitative estimate of drug-likeness (QED) is 0.793. The van der Waals surface area contributed by atoms with Crippen molar-refractivity contribution in [2.45, 2.75) is 78.8 Å². The first-order valence-corrected chi connectivity index (χ1v) is 8.98. The second-order valence-corrected chi connectivity index (χ2v) is 7.85. The van der Waals surface area contributed by atoms with Gasteiger partial charge in [0.15, 0.2) is 0 Å². The minimum absolute atomic E-state index is 0.657. The standard InChI is InChI=1S/C18H36N2/c1-6-15(5)16-12-20(17(11-19-16)14(3)4)13-18(7-2)9-8-10-18/h14-17,19H,6-13H2,1-5H3. The predicted octanol–water partition coefficient (Wildman–Crippen LogP) is 3.91. The Hall–Kier alpha value is -0.0800. The van der Waals surface area contributed by atoms with Gasteiger partial charge in [0.25, 0.3) is 0 Å². The first-order chi connectivity index (χ1) is 9.51. The third-order valence-electron chi connectivity index (χ3n) is 6.29. The van der Waals surface area contributed by atoms with Crippen LogP contribution in [0, 0.1) is 17.3 Å². The van der Waals surface area contributed by atoms with E-state index in [1.54, 1.807) is 0 Å². The molecule has 0 spiro atoms. The Morgan fingerprint density at radius 3 is 2.35 bits per heavy atom. The van der Waals surface area contributed by atoms with Gasteiger partial charge in [-0.25, -0.2) is 0 Å². The fourth-order valence-corrected chi connectivity index (χ4v) is 4.09. The normalized spacial score (nSPS) is 32.1. The monoisotopic (exact) mass is 280 g/mol. The van der Waals surface area contributed by atoms with Crippen LogP contribution in [0.2, 0.25) is 0 Å². The van der Waals surface area contributed by atoms with Crippen molar-refractivity contribution in [3.8, 4) is 0 Å². The third-order valence-corrected chi connectivity index (χ3v) is 6.29. The molecule has 1 saturated heterocycles. The molecule has 1 N–H and O–H groups in total.